The van der Waals surface area contributed by atoms with Crippen molar-refractivity contribution in [3.63, 3.8) is 0 Å². The predicted molar refractivity (Wildman–Crippen MR) is 73.9 cm³/mol. The second-order valence-electron chi connectivity index (χ2n) is 4.62. The highest BCUT2D eigenvalue weighted by Crippen LogP contribution is 1.94. The molecule has 0 unspecified atom stereocenters. The predicted octanol–water partition coefficient (Wildman–Crippen LogP) is -1.93. The van der Waals surface area contributed by atoms with Gasteiger partial charge in [0.25, 0.3) is 5.56 Å². The molecule has 3 amide bonds. The SMILES string of the molecule is O=C(CCn1ccc(=O)[nH]c1=O)NCCN1CCNC1=O. The van der Waals surface area contributed by atoms with E-state index in [-0.39, 0.29) is 24.9 Å². The van der Waals surface area contributed by atoms with E-state index in [1.165, 1.54) is 16.8 Å². The molecule has 2 heterocycles. The Morgan fingerprint density at radius 3 is 2.76 bits per heavy atom. The molecule has 0 aliphatic carbocycles. The van der Waals surface area contributed by atoms with Gasteiger partial charge in [-0.2, -0.15) is 0 Å². The van der Waals surface area contributed by atoms with Crippen molar-refractivity contribution in [1.29, 1.82) is 0 Å². The van der Waals surface area contributed by atoms with E-state index in [1.54, 1.807) is 4.90 Å². The quantitative estimate of drug-likeness (QED) is 0.566. The van der Waals surface area contributed by atoms with Crippen LogP contribution in [-0.4, -0.2) is 52.6 Å². The summed E-state index contributed by atoms with van der Waals surface area (Å²) in [4.78, 5) is 48.9. The van der Waals surface area contributed by atoms with Gasteiger partial charge in [0, 0.05) is 51.4 Å². The Labute approximate surface area is 120 Å². The van der Waals surface area contributed by atoms with Crippen molar-refractivity contribution in [3.05, 3.63) is 33.1 Å². The number of aryl methyl sites for hydroxylation is 1. The Balaban J connectivity index is 1.71. The van der Waals surface area contributed by atoms with Crippen LogP contribution in [0.25, 0.3) is 0 Å². The average molecular weight is 295 g/mol. The van der Waals surface area contributed by atoms with Crippen molar-refractivity contribution < 1.29 is 9.59 Å². The van der Waals surface area contributed by atoms with Gasteiger partial charge in [0.05, 0.1) is 0 Å². The van der Waals surface area contributed by atoms with Crippen LogP contribution < -0.4 is 21.9 Å². The van der Waals surface area contributed by atoms with Gasteiger partial charge in [0.15, 0.2) is 0 Å². The zero-order chi connectivity index (χ0) is 15.2. The molecule has 1 aliphatic rings. The lowest BCUT2D eigenvalue weighted by Gasteiger charge is -2.14. The van der Waals surface area contributed by atoms with Crippen molar-refractivity contribution in [3.8, 4) is 0 Å². The van der Waals surface area contributed by atoms with Crippen LogP contribution in [0.4, 0.5) is 4.79 Å². The summed E-state index contributed by atoms with van der Waals surface area (Å²) in [6.45, 7) is 2.28. The van der Waals surface area contributed by atoms with E-state index < -0.39 is 11.2 Å². The normalized spacial score (nSPS) is 14.1. The van der Waals surface area contributed by atoms with E-state index in [4.69, 9.17) is 0 Å². The molecule has 21 heavy (non-hydrogen) atoms. The van der Waals surface area contributed by atoms with Crippen molar-refractivity contribution in [2.45, 2.75) is 13.0 Å². The van der Waals surface area contributed by atoms with Gasteiger partial charge in [0.1, 0.15) is 0 Å². The maximum Gasteiger partial charge on any atom is 0.328 e. The Hall–Kier alpha value is -2.58. The summed E-state index contributed by atoms with van der Waals surface area (Å²) in [6.07, 6.45) is 1.47. The molecule has 1 saturated heterocycles. The zero-order valence-corrected chi connectivity index (χ0v) is 11.4. The maximum absolute atomic E-state index is 11.6. The van der Waals surface area contributed by atoms with Gasteiger partial charge in [-0.25, -0.2) is 9.59 Å². The second-order valence-corrected chi connectivity index (χ2v) is 4.62. The van der Waals surface area contributed by atoms with E-state index in [9.17, 15) is 19.2 Å². The lowest BCUT2D eigenvalue weighted by atomic mass is 10.4. The molecular formula is C12H17N5O4. The molecule has 1 aromatic heterocycles. The molecule has 3 N–H and O–H groups in total. The zero-order valence-electron chi connectivity index (χ0n) is 11.4. The number of nitrogens with zero attached hydrogens (tertiary/aromatic N) is 2. The summed E-state index contributed by atoms with van der Waals surface area (Å²) in [7, 11) is 0. The minimum Gasteiger partial charge on any atom is -0.354 e. The smallest absolute Gasteiger partial charge is 0.328 e. The first-order valence-electron chi connectivity index (χ1n) is 6.65. The van der Waals surface area contributed by atoms with Crippen LogP contribution in [-0.2, 0) is 11.3 Å². The lowest BCUT2D eigenvalue weighted by molar-refractivity contribution is -0.121. The van der Waals surface area contributed by atoms with E-state index in [0.717, 1.165) is 0 Å². The number of carbonyl (C=O) groups excluding carboxylic acids is 2. The minimum atomic E-state index is -0.538. The topological polar surface area (TPSA) is 116 Å². The summed E-state index contributed by atoms with van der Waals surface area (Å²) in [5.74, 6) is -0.215. The first-order valence-corrected chi connectivity index (χ1v) is 6.65. The van der Waals surface area contributed by atoms with Gasteiger partial charge in [-0.3, -0.25) is 14.6 Å². The third-order valence-electron chi connectivity index (χ3n) is 3.13. The lowest BCUT2D eigenvalue weighted by Crippen LogP contribution is -2.37. The van der Waals surface area contributed by atoms with Crippen LogP contribution in [0.1, 0.15) is 6.42 Å². The standard InChI is InChI=1S/C12H17N5O4/c18-9(13-3-7-17-8-4-14-11(17)20)1-5-16-6-2-10(19)15-12(16)21/h2,6H,1,3-5,7-8H2,(H,13,18)(H,14,20)(H,15,19,21). The van der Waals surface area contributed by atoms with E-state index in [0.29, 0.717) is 26.2 Å². The summed E-state index contributed by atoms with van der Waals surface area (Å²) in [5.41, 5.74) is -1.01. The third kappa shape index (κ3) is 4.20. The molecule has 9 heteroatoms. The van der Waals surface area contributed by atoms with Crippen molar-refractivity contribution >= 4 is 11.9 Å². The molecule has 1 fully saturated rings. The van der Waals surface area contributed by atoms with Gasteiger partial charge in [-0.05, 0) is 0 Å². The highest BCUT2D eigenvalue weighted by molar-refractivity contribution is 5.77. The van der Waals surface area contributed by atoms with Gasteiger partial charge in [0.2, 0.25) is 5.91 Å². The molecule has 2 rings (SSSR count). The molecule has 9 nitrogen and oxygen atoms in total. The Morgan fingerprint density at radius 2 is 2.10 bits per heavy atom. The molecule has 0 saturated carbocycles. The van der Waals surface area contributed by atoms with Crippen LogP contribution in [0, 0.1) is 0 Å². The average Bonchev–Trinajstić information content (AvgIpc) is 2.83. The Bertz CT molecular complexity index is 635. The fraction of sp³-hybridized carbons (Fsp3) is 0.500. The third-order valence-corrected chi connectivity index (χ3v) is 3.13. The fourth-order valence-corrected chi connectivity index (χ4v) is 1.99. The summed E-state index contributed by atoms with van der Waals surface area (Å²) in [5, 5.41) is 5.36. The molecular weight excluding hydrogens is 278 g/mol. The first-order chi connectivity index (χ1) is 10.1. The number of hydrogen-bond donors (Lipinski definition) is 3. The van der Waals surface area contributed by atoms with E-state index >= 15 is 0 Å². The Kier molecular flexibility index (Phi) is 4.75. The van der Waals surface area contributed by atoms with Crippen LogP contribution in [0.2, 0.25) is 0 Å². The number of amides is 3. The molecule has 0 radical (unpaired) electrons. The minimum absolute atomic E-state index is 0.121. The summed E-state index contributed by atoms with van der Waals surface area (Å²) in [6, 6.07) is 1.11. The van der Waals surface area contributed by atoms with E-state index in [1.807, 2.05) is 0 Å². The maximum atomic E-state index is 11.6. The number of hydrogen-bond acceptors (Lipinski definition) is 4. The van der Waals surface area contributed by atoms with Crippen LogP contribution >= 0.6 is 0 Å². The molecule has 1 aliphatic heterocycles. The molecule has 0 bridgehead atoms. The van der Waals surface area contributed by atoms with Crippen LogP contribution in [0.15, 0.2) is 21.9 Å². The molecule has 0 aromatic carbocycles. The van der Waals surface area contributed by atoms with Crippen molar-refractivity contribution in [2.24, 2.45) is 0 Å². The summed E-state index contributed by atoms with van der Waals surface area (Å²) >= 11 is 0. The van der Waals surface area contributed by atoms with E-state index in [2.05, 4.69) is 15.6 Å². The van der Waals surface area contributed by atoms with Gasteiger partial charge >= 0.3 is 11.7 Å². The number of rotatable bonds is 6. The molecule has 0 atom stereocenters. The number of H-pyrrole nitrogens is 1. The van der Waals surface area contributed by atoms with Gasteiger partial charge < -0.3 is 20.1 Å². The number of carbonyl (C=O) groups is 2. The number of aromatic amines is 1. The fourth-order valence-electron chi connectivity index (χ4n) is 1.99. The number of nitrogens with one attached hydrogen (secondary N) is 3. The summed E-state index contributed by atoms with van der Waals surface area (Å²) < 4.78 is 1.26. The van der Waals surface area contributed by atoms with Crippen molar-refractivity contribution in [2.75, 3.05) is 26.2 Å². The largest absolute Gasteiger partial charge is 0.354 e. The molecule has 114 valence electrons. The van der Waals surface area contributed by atoms with Gasteiger partial charge in [-0.15, -0.1) is 0 Å². The van der Waals surface area contributed by atoms with Crippen LogP contribution in [0.5, 0.6) is 0 Å². The highest BCUT2D eigenvalue weighted by Gasteiger charge is 2.18. The highest BCUT2D eigenvalue weighted by atomic mass is 16.2. The van der Waals surface area contributed by atoms with Crippen LogP contribution in [0.3, 0.4) is 0 Å². The number of urea groups is 1. The number of aromatic nitrogens is 2. The van der Waals surface area contributed by atoms with Crippen molar-refractivity contribution in [1.82, 2.24) is 25.1 Å². The monoisotopic (exact) mass is 295 g/mol. The van der Waals surface area contributed by atoms with Gasteiger partial charge in [-0.1, -0.05) is 0 Å². The second kappa shape index (κ2) is 6.73. The molecule has 1 aromatic rings. The Morgan fingerprint density at radius 1 is 1.29 bits per heavy atom. The molecule has 0 spiro atoms. The first kappa shape index (κ1) is 14.8.